The third kappa shape index (κ3) is 7.54. The topological polar surface area (TPSA) is 9.72 Å². The molecular weight excluding hydrogens is 693 g/mol. The zero-order valence-corrected chi connectivity index (χ0v) is 36.3. The Labute approximate surface area is 321 Å². The van der Waals surface area contributed by atoms with Crippen LogP contribution in [0.2, 0.25) is 0 Å². The fourth-order valence-corrected chi connectivity index (χ4v) is 14.3. The molecule has 0 unspecified atom stereocenters. The molecule has 4 aromatic carbocycles. The van der Waals surface area contributed by atoms with Gasteiger partial charge in [0.05, 0.1) is 0 Å². The summed E-state index contributed by atoms with van der Waals surface area (Å²) in [4.78, 5) is 6.90. The third-order valence-electron chi connectivity index (χ3n) is 10.0. The van der Waals surface area contributed by atoms with Crippen molar-refractivity contribution in [2.24, 2.45) is 0 Å². The van der Waals surface area contributed by atoms with Crippen LogP contribution in [0.25, 0.3) is 0 Å². The van der Waals surface area contributed by atoms with Crippen LogP contribution in [0.3, 0.4) is 0 Å². The second-order valence-electron chi connectivity index (χ2n) is 13.7. The fourth-order valence-electron chi connectivity index (χ4n) is 7.70. The van der Waals surface area contributed by atoms with Crippen LogP contribution in [-0.2, 0) is 21.7 Å². The second-order valence-corrected chi connectivity index (χ2v) is 17.3. The Morgan fingerprint density at radius 2 is 0.638 bits per heavy atom. The number of nitrogens with zero attached hydrogens (tertiary/aromatic N) is 3. The summed E-state index contributed by atoms with van der Waals surface area (Å²) >= 11 is 0. The van der Waals surface area contributed by atoms with E-state index < -0.39 is 8.07 Å². The summed E-state index contributed by atoms with van der Waals surface area (Å²) in [5, 5.41) is 6.08. The van der Waals surface area contributed by atoms with Crippen molar-refractivity contribution in [3.05, 3.63) is 92.0 Å². The molecule has 0 amide bonds. The Morgan fingerprint density at radius 1 is 0.404 bits per heavy atom. The average Bonchev–Trinajstić information content (AvgIpc) is 3.11. The van der Waals surface area contributed by atoms with Crippen LogP contribution >= 0.6 is 0 Å². The number of anilines is 3. The van der Waals surface area contributed by atoms with Crippen molar-refractivity contribution in [2.45, 2.75) is 69.2 Å². The first kappa shape index (κ1) is 45.2. The minimum absolute atomic E-state index is 0. The zero-order chi connectivity index (χ0) is 32.3. The van der Waals surface area contributed by atoms with Crippen LogP contribution < -0.4 is 72.7 Å². The molecule has 0 heterocycles. The Balaban J connectivity index is 0.00000529. The van der Waals surface area contributed by atoms with Gasteiger partial charge in [0.2, 0.25) is 0 Å². The number of benzene rings is 3. The number of hydrogen-bond donors (Lipinski definition) is 0. The number of hydrogen-bond acceptors (Lipinski definition) is 3. The maximum absolute atomic E-state index is 2.94. The van der Waals surface area contributed by atoms with E-state index in [-0.39, 0.29) is 58.9 Å². The van der Waals surface area contributed by atoms with Crippen molar-refractivity contribution in [3.8, 4) is 0 Å². The first-order valence-corrected chi connectivity index (χ1v) is 17.6. The van der Waals surface area contributed by atoms with Gasteiger partial charge < -0.3 is 51.9 Å². The fraction of sp³-hybridized carbons (Fsp3) is 0.410. The van der Waals surface area contributed by atoms with E-state index in [0.29, 0.717) is 0 Å². The van der Waals surface area contributed by atoms with E-state index in [1.807, 2.05) is 0 Å². The van der Waals surface area contributed by atoms with Crippen molar-refractivity contribution < 1.29 is 58.9 Å². The van der Waals surface area contributed by atoms with Crippen LogP contribution in [0.15, 0.2) is 36.4 Å². The van der Waals surface area contributed by atoms with E-state index >= 15 is 0 Å². The van der Waals surface area contributed by atoms with Gasteiger partial charge in [-0.25, -0.2) is 0 Å². The van der Waals surface area contributed by atoms with Crippen molar-refractivity contribution in [2.75, 3.05) is 57.0 Å². The quantitative estimate of drug-likeness (QED) is 0.114. The smallest absolute Gasteiger partial charge is 1.00 e. The third-order valence-corrected chi connectivity index (χ3v) is 15.5. The molecule has 0 aliphatic heterocycles. The van der Waals surface area contributed by atoms with Gasteiger partial charge in [0.25, 0.3) is 0 Å². The second kappa shape index (κ2) is 16.7. The zero-order valence-electron chi connectivity index (χ0n) is 31.4. The molecule has 0 aromatic heterocycles. The van der Waals surface area contributed by atoms with Crippen molar-refractivity contribution in [1.29, 1.82) is 0 Å². The van der Waals surface area contributed by atoms with Gasteiger partial charge in [-0.15, -0.1) is 5.19 Å². The summed E-state index contributed by atoms with van der Waals surface area (Å²) in [5.74, 6) is 0. The van der Waals surface area contributed by atoms with Crippen LogP contribution in [-0.4, -0.2) is 50.4 Å². The normalized spacial score (nSPS) is 10.7. The molecule has 0 saturated carbocycles. The molecule has 4 rings (SSSR count). The van der Waals surface area contributed by atoms with E-state index in [9.17, 15) is 0 Å². The molecule has 0 atom stereocenters. The van der Waals surface area contributed by atoms with Gasteiger partial charge in [0, 0.05) is 59.3 Å². The van der Waals surface area contributed by atoms with Gasteiger partial charge in [-0.3, -0.25) is 0 Å². The minimum atomic E-state index is -2.94. The van der Waals surface area contributed by atoms with Gasteiger partial charge in [-0.2, -0.15) is 22.3 Å². The Hall–Kier alpha value is -1.79. The van der Waals surface area contributed by atoms with E-state index in [1.165, 1.54) is 88.3 Å². The maximum Gasteiger partial charge on any atom is 4.00 e. The van der Waals surface area contributed by atoms with E-state index in [4.69, 9.17) is 0 Å². The molecule has 4 aromatic rings. The Bertz CT molecular complexity index is 1540. The summed E-state index contributed by atoms with van der Waals surface area (Å²) in [6.07, 6.45) is 0. The van der Waals surface area contributed by atoms with E-state index in [2.05, 4.69) is 163 Å². The molecule has 0 N–H and O–H groups in total. The molecular formula is C39H54Cl3N3SiTi. The maximum atomic E-state index is 2.54. The minimum Gasteiger partial charge on any atom is -1.00 e. The van der Waals surface area contributed by atoms with Gasteiger partial charge in [-0.05, 0) is 93.1 Å². The predicted octanol–water partition coefficient (Wildman–Crippen LogP) is -2.93. The molecule has 254 valence electrons. The molecule has 0 aliphatic carbocycles. The Morgan fingerprint density at radius 3 is 0.851 bits per heavy atom. The summed E-state index contributed by atoms with van der Waals surface area (Å²) < 4.78 is 0. The molecule has 0 fully saturated rings. The first-order chi connectivity index (χ1) is 20.0. The molecule has 0 aliphatic rings. The standard InChI is InChI=1S/C39H54N3Si.3ClH.Ti/c1-23-17-33(40(11)12)30(8)36(20-23)43(39-28(6)26(4)27(5)29(39)7,37-21-24(2)18-34(31(37)9)41(13)14)38-22-25(3)19-35(32(38)10)42(15)16;;;;/h17-22H,1-16H3;3*1H;/q-1;;;;+4/p-3. The SMILES string of the molecule is Cc1cc(N(C)C)c(C)c([Si](c2cc(C)cc(N(C)C)c2C)(c2cc(C)cc(N(C)C)c2C)[c-]2c(C)c(C)c(C)c2C)c1.[Cl-].[Cl-].[Cl-].[Ti+4]. The molecule has 8 heteroatoms. The number of aryl methyl sites for hydroxylation is 3. The molecule has 3 nitrogen and oxygen atoms in total. The van der Waals surface area contributed by atoms with Crippen LogP contribution in [0.5, 0.6) is 0 Å². The summed E-state index contributed by atoms with van der Waals surface area (Å²) in [5.41, 5.74) is 17.8. The van der Waals surface area contributed by atoms with E-state index in [0.717, 1.165) is 0 Å². The summed E-state index contributed by atoms with van der Waals surface area (Å²) in [7, 11) is 10.2. The molecule has 0 radical (unpaired) electrons. The Kier molecular flexibility index (Phi) is 16.1. The molecule has 0 saturated heterocycles. The van der Waals surface area contributed by atoms with Gasteiger partial charge in [-0.1, -0.05) is 61.5 Å². The predicted molar refractivity (Wildman–Crippen MR) is 196 cm³/mol. The van der Waals surface area contributed by atoms with Crippen molar-refractivity contribution in [3.63, 3.8) is 0 Å². The largest absolute Gasteiger partial charge is 4.00 e. The van der Waals surface area contributed by atoms with Crippen LogP contribution in [0, 0.1) is 69.2 Å². The van der Waals surface area contributed by atoms with Gasteiger partial charge in [0.15, 0.2) is 0 Å². The average molecular weight is 747 g/mol. The summed E-state index contributed by atoms with van der Waals surface area (Å²) in [6, 6.07) is 14.7. The number of halogens is 3. The van der Waals surface area contributed by atoms with Gasteiger partial charge in [0.1, 0.15) is 8.07 Å². The molecule has 0 spiro atoms. The molecule has 47 heavy (non-hydrogen) atoms. The van der Waals surface area contributed by atoms with Gasteiger partial charge >= 0.3 is 21.7 Å². The first-order valence-electron chi connectivity index (χ1n) is 15.6. The van der Waals surface area contributed by atoms with Crippen LogP contribution in [0.4, 0.5) is 17.1 Å². The van der Waals surface area contributed by atoms with Crippen molar-refractivity contribution in [1.82, 2.24) is 0 Å². The van der Waals surface area contributed by atoms with E-state index in [1.54, 1.807) is 5.19 Å². The molecule has 0 bridgehead atoms. The number of rotatable bonds is 7. The summed E-state index contributed by atoms with van der Waals surface area (Å²) in [6.45, 7) is 23.4. The van der Waals surface area contributed by atoms with Crippen molar-refractivity contribution >= 4 is 45.9 Å². The monoisotopic (exact) mass is 745 g/mol. The van der Waals surface area contributed by atoms with Crippen LogP contribution in [0.1, 0.15) is 55.6 Å².